The molecule has 3 N–H and O–H groups in total. The molecule has 1 aromatic rings. The molecule has 7 unspecified atom stereocenters. The van der Waals surface area contributed by atoms with Gasteiger partial charge in [-0.1, -0.05) is 52.2 Å². The van der Waals surface area contributed by atoms with Gasteiger partial charge < -0.3 is 20.6 Å². The Hall–Kier alpha value is -3.30. The topological polar surface area (TPSA) is 142 Å². The van der Waals surface area contributed by atoms with Crippen molar-refractivity contribution >= 4 is 23.7 Å². The maximum Gasteiger partial charge on any atom is 0.326 e. The Kier molecular flexibility index (Phi) is 7.48. The SMILES string of the molecule is CC(C)(C)C(NC(=O)C(NC(=O)c1cnccn1)C1CCCCC1)C(=O)N1CC2C3C=CC(C3)C2C1C(=O)O. The molecule has 210 valence electrons. The molecule has 10 heteroatoms. The second kappa shape index (κ2) is 10.7. The molecule has 2 heterocycles. The third-order valence-corrected chi connectivity index (χ3v) is 9.22. The number of carboxylic acids is 1. The van der Waals surface area contributed by atoms with Crippen molar-refractivity contribution in [1.29, 1.82) is 0 Å². The predicted octanol–water partition coefficient (Wildman–Crippen LogP) is 2.42. The van der Waals surface area contributed by atoms with E-state index < -0.39 is 41.3 Å². The molecule has 2 bridgehead atoms. The van der Waals surface area contributed by atoms with Crippen LogP contribution in [0.3, 0.4) is 0 Å². The van der Waals surface area contributed by atoms with Crippen molar-refractivity contribution in [1.82, 2.24) is 25.5 Å². The summed E-state index contributed by atoms with van der Waals surface area (Å²) in [4.78, 5) is 62.9. The minimum Gasteiger partial charge on any atom is -0.480 e. The molecule has 1 aliphatic heterocycles. The Labute approximate surface area is 229 Å². The number of carbonyl (C=O) groups excluding carboxylic acids is 3. The van der Waals surface area contributed by atoms with Crippen molar-refractivity contribution in [2.45, 2.75) is 77.4 Å². The van der Waals surface area contributed by atoms with Crippen LogP contribution in [0.25, 0.3) is 0 Å². The van der Waals surface area contributed by atoms with Crippen LogP contribution in [0.4, 0.5) is 0 Å². The molecule has 1 aromatic heterocycles. The van der Waals surface area contributed by atoms with E-state index in [1.807, 2.05) is 20.8 Å². The zero-order valence-corrected chi connectivity index (χ0v) is 22.9. The quantitative estimate of drug-likeness (QED) is 0.454. The molecule has 3 aliphatic carbocycles. The summed E-state index contributed by atoms with van der Waals surface area (Å²) in [6.07, 6.45) is 14.1. The average molecular weight is 538 g/mol. The van der Waals surface area contributed by atoms with Crippen LogP contribution in [0.1, 0.15) is 69.8 Å². The van der Waals surface area contributed by atoms with Gasteiger partial charge in [0.2, 0.25) is 11.8 Å². The molecule has 2 saturated carbocycles. The lowest BCUT2D eigenvalue weighted by Gasteiger charge is -2.37. The zero-order valence-electron chi connectivity index (χ0n) is 22.9. The highest BCUT2D eigenvalue weighted by atomic mass is 16.4. The summed E-state index contributed by atoms with van der Waals surface area (Å²) in [6.45, 7) is 5.97. The van der Waals surface area contributed by atoms with Crippen LogP contribution >= 0.6 is 0 Å². The Bertz CT molecular complexity index is 1140. The van der Waals surface area contributed by atoms with E-state index in [1.54, 1.807) is 0 Å². The number of hydrogen-bond acceptors (Lipinski definition) is 6. The van der Waals surface area contributed by atoms with Crippen LogP contribution in [-0.2, 0) is 14.4 Å². The van der Waals surface area contributed by atoms with E-state index in [4.69, 9.17) is 0 Å². The number of rotatable bonds is 7. The molecule has 10 nitrogen and oxygen atoms in total. The van der Waals surface area contributed by atoms with Gasteiger partial charge in [-0.3, -0.25) is 19.4 Å². The van der Waals surface area contributed by atoms with Crippen molar-refractivity contribution in [2.75, 3.05) is 6.54 Å². The van der Waals surface area contributed by atoms with Gasteiger partial charge >= 0.3 is 5.97 Å². The normalized spacial score (nSPS) is 29.5. The second-order valence-corrected chi connectivity index (χ2v) is 12.7. The highest BCUT2D eigenvalue weighted by Gasteiger charge is 2.59. The van der Waals surface area contributed by atoms with Crippen molar-refractivity contribution < 1.29 is 24.3 Å². The lowest BCUT2D eigenvalue weighted by Crippen LogP contribution is -2.61. The molecule has 0 spiro atoms. The minimum absolute atomic E-state index is 0.0743. The molecule has 39 heavy (non-hydrogen) atoms. The van der Waals surface area contributed by atoms with E-state index in [1.165, 1.54) is 23.5 Å². The highest BCUT2D eigenvalue weighted by molar-refractivity contribution is 5.97. The number of fused-ring (bicyclic) bond motifs is 5. The zero-order chi connectivity index (χ0) is 27.9. The molecule has 4 aliphatic rings. The number of aliphatic carboxylic acids is 1. The van der Waals surface area contributed by atoms with Crippen molar-refractivity contribution in [3.63, 3.8) is 0 Å². The first kappa shape index (κ1) is 27.3. The van der Waals surface area contributed by atoms with Crippen LogP contribution in [-0.4, -0.2) is 68.3 Å². The monoisotopic (exact) mass is 537 g/mol. The number of nitrogens with one attached hydrogen (secondary N) is 2. The van der Waals surface area contributed by atoms with Crippen molar-refractivity contribution in [3.8, 4) is 0 Å². The van der Waals surface area contributed by atoms with E-state index in [0.717, 1.165) is 38.5 Å². The maximum atomic E-state index is 14.1. The minimum atomic E-state index is -0.993. The summed E-state index contributed by atoms with van der Waals surface area (Å²) >= 11 is 0. The number of nitrogens with zero attached hydrogens (tertiary/aromatic N) is 3. The van der Waals surface area contributed by atoms with E-state index in [2.05, 4.69) is 32.8 Å². The van der Waals surface area contributed by atoms with Crippen LogP contribution < -0.4 is 10.6 Å². The first-order valence-electron chi connectivity index (χ1n) is 14.1. The van der Waals surface area contributed by atoms with Gasteiger partial charge in [0.15, 0.2) is 0 Å². The van der Waals surface area contributed by atoms with Gasteiger partial charge in [-0.25, -0.2) is 9.78 Å². The highest BCUT2D eigenvalue weighted by Crippen LogP contribution is 2.54. The van der Waals surface area contributed by atoms with E-state index >= 15 is 0 Å². The van der Waals surface area contributed by atoms with Gasteiger partial charge in [-0.05, 0) is 48.3 Å². The van der Waals surface area contributed by atoms with Crippen LogP contribution in [0, 0.1) is 35.0 Å². The standard InChI is InChI=1S/C29H39N5O5/c1-29(2,3)24(27(37)34-15-19-17-9-10-18(13-17)21(19)23(34)28(38)39)33-26(36)22(16-7-5-4-6-8-16)32-25(35)20-14-30-11-12-31-20/h9-12,14,16-19,21-24H,4-8,13,15H2,1-3H3,(H,32,35)(H,33,36)(H,38,39). The van der Waals surface area contributed by atoms with E-state index in [0.29, 0.717) is 12.5 Å². The summed E-state index contributed by atoms with van der Waals surface area (Å²) in [6, 6.07) is -2.70. The third kappa shape index (κ3) is 5.30. The molecule has 5 rings (SSSR count). The van der Waals surface area contributed by atoms with Gasteiger partial charge in [0.05, 0.1) is 6.20 Å². The van der Waals surface area contributed by atoms with Gasteiger partial charge in [0.25, 0.3) is 5.91 Å². The smallest absolute Gasteiger partial charge is 0.326 e. The number of hydrogen-bond donors (Lipinski definition) is 3. The number of carboxylic acid groups (broad SMARTS) is 1. The predicted molar refractivity (Wildman–Crippen MR) is 142 cm³/mol. The largest absolute Gasteiger partial charge is 0.480 e. The molecule has 7 atom stereocenters. The summed E-state index contributed by atoms with van der Waals surface area (Å²) in [5, 5.41) is 16.0. The van der Waals surface area contributed by atoms with Gasteiger partial charge in [0, 0.05) is 24.9 Å². The molecule has 3 fully saturated rings. The van der Waals surface area contributed by atoms with E-state index in [-0.39, 0.29) is 35.3 Å². The average Bonchev–Trinajstić information content (AvgIpc) is 3.63. The molecular formula is C29H39N5O5. The summed E-state index contributed by atoms with van der Waals surface area (Å²) in [5.41, 5.74) is -0.567. The second-order valence-electron chi connectivity index (χ2n) is 12.7. The van der Waals surface area contributed by atoms with Gasteiger partial charge in [0.1, 0.15) is 23.8 Å². The summed E-state index contributed by atoms with van der Waals surface area (Å²) in [5.74, 6) is -1.86. The lowest BCUT2D eigenvalue weighted by atomic mass is 9.81. The van der Waals surface area contributed by atoms with Crippen molar-refractivity contribution in [2.24, 2.45) is 35.0 Å². The lowest BCUT2D eigenvalue weighted by molar-refractivity contribution is -0.152. The van der Waals surface area contributed by atoms with Crippen LogP contribution in [0.15, 0.2) is 30.7 Å². The summed E-state index contributed by atoms with van der Waals surface area (Å²) in [7, 11) is 0. The fourth-order valence-corrected chi connectivity index (χ4v) is 7.30. The molecule has 3 amide bonds. The number of amides is 3. The first-order valence-corrected chi connectivity index (χ1v) is 14.1. The van der Waals surface area contributed by atoms with Crippen LogP contribution in [0.2, 0.25) is 0 Å². The number of aromatic nitrogens is 2. The number of carbonyl (C=O) groups is 4. The Morgan fingerprint density at radius 3 is 2.38 bits per heavy atom. The molecule has 0 radical (unpaired) electrons. The van der Waals surface area contributed by atoms with Crippen LogP contribution in [0.5, 0.6) is 0 Å². The fraction of sp³-hybridized carbons (Fsp3) is 0.655. The maximum absolute atomic E-state index is 14.1. The van der Waals surface area contributed by atoms with Crippen molar-refractivity contribution in [3.05, 3.63) is 36.4 Å². The number of allylic oxidation sites excluding steroid dienone is 2. The Balaban J connectivity index is 1.37. The molecule has 0 aromatic carbocycles. The Morgan fingerprint density at radius 1 is 1.03 bits per heavy atom. The summed E-state index contributed by atoms with van der Waals surface area (Å²) < 4.78 is 0. The van der Waals surface area contributed by atoms with Gasteiger partial charge in [-0.2, -0.15) is 0 Å². The molecular weight excluding hydrogens is 498 g/mol. The first-order chi connectivity index (χ1) is 18.6. The van der Waals surface area contributed by atoms with E-state index in [9.17, 15) is 24.3 Å². The van der Waals surface area contributed by atoms with Gasteiger partial charge in [-0.15, -0.1) is 0 Å². The Morgan fingerprint density at radius 2 is 1.74 bits per heavy atom. The fourth-order valence-electron chi connectivity index (χ4n) is 7.30. The number of likely N-dealkylation sites (tertiary alicyclic amines) is 1. The third-order valence-electron chi connectivity index (χ3n) is 9.22. The molecule has 1 saturated heterocycles.